The smallest absolute Gasteiger partial charge is 0.134 e. The molecule has 0 bridgehead atoms. The molecule has 0 spiro atoms. The molecule has 0 aliphatic carbocycles. The van der Waals surface area contributed by atoms with Crippen molar-refractivity contribution in [1.82, 2.24) is 0 Å². The maximum Gasteiger partial charge on any atom is 0.134 e. The molecule has 0 atom stereocenters. The van der Waals surface area contributed by atoms with E-state index in [9.17, 15) is 0 Å². The summed E-state index contributed by atoms with van der Waals surface area (Å²) in [7, 11) is 0. The first kappa shape index (κ1) is 12.4. The Morgan fingerprint density at radius 1 is 0.895 bits per heavy atom. The Morgan fingerprint density at radius 3 is 2.74 bits per heavy atom. The van der Waals surface area contributed by atoms with E-state index in [1.54, 1.807) is 0 Å². The second-order valence-electron chi connectivity index (χ2n) is 4.39. The van der Waals surface area contributed by atoms with Crippen LogP contribution in [0.25, 0.3) is 23.5 Å². The molecule has 90 valence electrons. The third-order valence-electron chi connectivity index (χ3n) is 3.37. The monoisotopic (exact) mass is 353 g/mol. The molecule has 2 heterocycles. The number of rotatable bonds is 0. The number of ether oxygens (including phenoxy) is 1. The maximum absolute atomic E-state index is 5.72. The van der Waals surface area contributed by atoms with Gasteiger partial charge < -0.3 is 10.1 Å². The van der Waals surface area contributed by atoms with Gasteiger partial charge in [0.25, 0.3) is 0 Å². The van der Waals surface area contributed by atoms with Crippen LogP contribution in [0.15, 0.2) is 48.7 Å². The van der Waals surface area contributed by atoms with Gasteiger partial charge in [-0.3, -0.25) is 0 Å². The van der Waals surface area contributed by atoms with Gasteiger partial charge in [0.2, 0.25) is 0 Å². The summed E-state index contributed by atoms with van der Waals surface area (Å²) in [4.78, 5) is 0. The Labute approximate surface area is 128 Å². The fraction of sp³-hybridized carbons (Fsp3) is 0. The van der Waals surface area contributed by atoms with Crippen molar-refractivity contribution >= 4 is 41.9 Å². The van der Waals surface area contributed by atoms with E-state index in [2.05, 4.69) is 29.6 Å². The van der Waals surface area contributed by atoms with Crippen molar-refractivity contribution in [3.8, 4) is 16.9 Å². The van der Waals surface area contributed by atoms with Crippen molar-refractivity contribution in [3.63, 3.8) is 0 Å². The van der Waals surface area contributed by atoms with Crippen LogP contribution in [0.2, 0.25) is 0 Å². The van der Waals surface area contributed by atoms with Crippen LogP contribution in [0, 0.1) is 0 Å². The zero-order valence-corrected chi connectivity index (χ0v) is 13.0. The van der Waals surface area contributed by atoms with Gasteiger partial charge >= 0.3 is 0 Å². The zero-order valence-electron chi connectivity index (χ0n) is 10.2. The molecule has 0 saturated heterocycles. The number of hydrogen-bond donors (Lipinski definition) is 1. The van der Waals surface area contributed by atoms with Crippen molar-refractivity contribution < 1.29 is 4.74 Å². The molecular weight excluding hydrogens is 341 g/mol. The normalized spacial score (nSPS) is 13.3. The van der Waals surface area contributed by atoms with Gasteiger partial charge in [0.15, 0.2) is 0 Å². The first-order valence-corrected chi connectivity index (χ1v) is 5.96. The molecule has 2 aliphatic rings. The molecule has 0 saturated carbocycles. The number of nitrogens with one attached hydrogen (secondary N) is 1. The van der Waals surface area contributed by atoms with Crippen LogP contribution >= 0.6 is 0 Å². The van der Waals surface area contributed by atoms with Gasteiger partial charge in [-0.15, -0.1) is 0 Å². The Kier molecular flexibility index (Phi) is 3.11. The van der Waals surface area contributed by atoms with Crippen LogP contribution < -0.4 is 20.5 Å². The number of allylic oxidation sites excluding steroid dienone is 1. The summed E-state index contributed by atoms with van der Waals surface area (Å²) >= 11 is 0. The first-order valence-electron chi connectivity index (χ1n) is 5.96. The van der Waals surface area contributed by atoms with Crippen LogP contribution in [0.3, 0.4) is 0 Å². The zero-order chi connectivity index (χ0) is 11.9. The van der Waals surface area contributed by atoms with Crippen LogP contribution in [0.1, 0.15) is 0 Å². The number of benzene rings is 2. The Hall–Kier alpha value is -1.68. The Bertz CT molecular complexity index is 793. The predicted molar refractivity (Wildman–Crippen MR) is 79.2 cm³/mol. The van der Waals surface area contributed by atoms with Gasteiger partial charge in [-0.25, -0.2) is 0 Å². The van der Waals surface area contributed by atoms with Crippen LogP contribution in [0.4, 0.5) is 5.69 Å². The van der Waals surface area contributed by atoms with E-state index in [-0.39, 0.29) is 23.9 Å². The van der Waals surface area contributed by atoms with Gasteiger partial charge in [-0.2, -0.15) is 0 Å². The molecule has 2 aliphatic heterocycles. The molecule has 1 N–H and O–H groups in total. The van der Waals surface area contributed by atoms with E-state index in [4.69, 9.17) is 4.74 Å². The fourth-order valence-electron chi connectivity index (χ4n) is 2.50. The van der Waals surface area contributed by atoms with Gasteiger partial charge in [0, 0.05) is 51.8 Å². The maximum atomic E-state index is 5.72. The molecular formula is C16H11NOSn. The second kappa shape index (κ2) is 4.78. The molecule has 0 aromatic heterocycles. The van der Waals surface area contributed by atoms with Gasteiger partial charge in [-0.05, 0) is 23.8 Å². The molecule has 4 radical (unpaired) electrons. The topological polar surface area (TPSA) is 21.3 Å². The number of para-hydroxylation sites is 1. The summed E-state index contributed by atoms with van der Waals surface area (Å²) in [6.45, 7) is 0. The van der Waals surface area contributed by atoms with E-state index in [0.29, 0.717) is 0 Å². The molecule has 4 rings (SSSR count). The predicted octanol–water partition coefficient (Wildman–Crippen LogP) is 1.82. The van der Waals surface area contributed by atoms with Gasteiger partial charge in [0.1, 0.15) is 5.75 Å². The molecule has 2 aromatic carbocycles. The SMILES string of the molecule is C1=CNc2ccc3c(c2=C1)=COc1ccccc1-3.[Sn]. The van der Waals surface area contributed by atoms with Crippen molar-refractivity contribution in [3.05, 3.63) is 59.1 Å². The molecule has 3 heteroatoms. The summed E-state index contributed by atoms with van der Waals surface area (Å²) < 4.78 is 5.72. The van der Waals surface area contributed by atoms with Gasteiger partial charge in [0.05, 0.1) is 6.26 Å². The van der Waals surface area contributed by atoms with Crippen molar-refractivity contribution in [2.45, 2.75) is 0 Å². The molecule has 0 unspecified atom stereocenters. The van der Waals surface area contributed by atoms with E-state index in [0.717, 1.165) is 22.2 Å². The Balaban J connectivity index is 0.00000110. The number of fused-ring (bicyclic) bond motifs is 5. The molecule has 2 aromatic rings. The second-order valence-corrected chi connectivity index (χ2v) is 4.39. The standard InChI is InChI=1S/C16H11NO.Sn/c1-2-6-16-13(4-1)11-7-8-15-12(5-3-9-17-15)14(11)10-18-16;/h1-10,17H;. The summed E-state index contributed by atoms with van der Waals surface area (Å²) in [5.41, 5.74) is 3.50. The third-order valence-corrected chi connectivity index (χ3v) is 3.37. The average molecular weight is 352 g/mol. The number of anilines is 1. The average Bonchev–Trinajstić information content (AvgIpc) is 2.46. The molecule has 0 fully saturated rings. The minimum Gasteiger partial charge on any atom is -0.464 e. The van der Waals surface area contributed by atoms with E-state index >= 15 is 0 Å². The quantitative estimate of drug-likeness (QED) is 0.731. The van der Waals surface area contributed by atoms with E-state index < -0.39 is 0 Å². The first-order chi connectivity index (χ1) is 8.93. The Morgan fingerprint density at radius 2 is 1.79 bits per heavy atom. The molecule has 0 amide bonds. The third kappa shape index (κ3) is 1.87. The summed E-state index contributed by atoms with van der Waals surface area (Å²) in [5, 5.41) is 5.58. The molecule has 19 heavy (non-hydrogen) atoms. The summed E-state index contributed by atoms with van der Waals surface area (Å²) in [5.74, 6) is 0.921. The van der Waals surface area contributed by atoms with Crippen LogP contribution in [-0.4, -0.2) is 23.9 Å². The number of hydrogen-bond acceptors (Lipinski definition) is 2. The minimum absolute atomic E-state index is 0. The van der Waals surface area contributed by atoms with Crippen LogP contribution in [-0.2, 0) is 0 Å². The fourth-order valence-corrected chi connectivity index (χ4v) is 2.50. The van der Waals surface area contributed by atoms with E-state index in [1.165, 1.54) is 10.8 Å². The van der Waals surface area contributed by atoms with Gasteiger partial charge in [-0.1, -0.05) is 30.3 Å². The summed E-state index contributed by atoms with van der Waals surface area (Å²) in [6, 6.07) is 12.4. The summed E-state index contributed by atoms with van der Waals surface area (Å²) in [6.07, 6.45) is 7.90. The molecule has 2 nitrogen and oxygen atoms in total. The minimum atomic E-state index is 0. The van der Waals surface area contributed by atoms with E-state index in [1.807, 2.05) is 36.7 Å². The largest absolute Gasteiger partial charge is 0.464 e. The van der Waals surface area contributed by atoms with Crippen LogP contribution in [0.5, 0.6) is 5.75 Å². The van der Waals surface area contributed by atoms with Crippen molar-refractivity contribution in [2.24, 2.45) is 0 Å². The van der Waals surface area contributed by atoms with Crippen molar-refractivity contribution in [2.75, 3.05) is 5.32 Å². The van der Waals surface area contributed by atoms with Crippen molar-refractivity contribution in [1.29, 1.82) is 0 Å².